The van der Waals surface area contributed by atoms with Crippen molar-refractivity contribution in [3.05, 3.63) is 67.2 Å². The lowest BCUT2D eigenvalue weighted by Crippen LogP contribution is -2.44. The lowest BCUT2D eigenvalue weighted by Gasteiger charge is -2.29. The normalized spacial score (nSPS) is 15.0. The fourth-order valence-electron chi connectivity index (χ4n) is 3.98. The van der Waals surface area contributed by atoms with Gasteiger partial charge in [0.25, 0.3) is 5.56 Å². The predicted molar refractivity (Wildman–Crippen MR) is 125 cm³/mol. The number of nitrogens with two attached hydrogens (primary N) is 1. The number of benzene rings is 1. The zero-order chi connectivity index (χ0) is 22.9. The molecular formula is C23H28N4O4S. The summed E-state index contributed by atoms with van der Waals surface area (Å²) in [4.78, 5) is 40.9. The monoisotopic (exact) mass is 456 g/mol. The van der Waals surface area contributed by atoms with Crippen LogP contribution in [0.2, 0.25) is 0 Å². The van der Waals surface area contributed by atoms with Crippen LogP contribution in [0.5, 0.6) is 0 Å². The minimum Gasteiger partial charge on any atom is -0.370 e. The summed E-state index contributed by atoms with van der Waals surface area (Å²) in [5.74, 6) is -0.379. The average molecular weight is 457 g/mol. The summed E-state index contributed by atoms with van der Waals surface area (Å²) in [6, 6.07) is 9.61. The first-order valence-electron chi connectivity index (χ1n) is 10.7. The highest BCUT2D eigenvalue weighted by Crippen LogP contribution is 2.37. The van der Waals surface area contributed by atoms with Gasteiger partial charge in [-0.25, -0.2) is 4.79 Å². The Morgan fingerprint density at radius 2 is 1.97 bits per heavy atom. The van der Waals surface area contributed by atoms with Crippen LogP contribution in [0.15, 0.2) is 39.9 Å². The van der Waals surface area contributed by atoms with Crippen LogP contribution in [0, 0.1) is 0 Å². The SMILES string of the molecule is CC1(C)Cc2c(sc3c2c(=O)n(CC(=O)NCCCN)c(=O)n3Cc2ccccc2)CO1. The van der Waals surface area contributed by atoms with E-state index in [1.54, 1.807) is 4.57 Å². The van der Waals surface area contributed by atoms with Gasteiger partial charge in [-0.3, -0.25) is 18.7 Å². The Morgan fingerprint density at radius 1 is 1.22 bits per heavy atom. The number of aromatic nitrogens is 2. The summed E-state index contributed by atoms with van der Waals surface area (Å²) in [7, 11) is 0. The van der Waals surface area contributed by atoms with E-state index in [1.165, 1.54) is 11.3 Å². The average Bonchev–Trinajstić information content (AvgIpc) is 3.12. The number of hydrogen-bond donors (Lipinski definition) is 2. The molecular weight excluding hydrogens is 428 g/mol. The Labute approximate surface area is 189 Å². The molecule has 0 bridgehead atoms. The Hall–Kier alpha value is -2.75. The molecule has 32 heavy (non-hydrogen) atoms. The van der Waals surface area contributed by atoms with Crippen LogP contribution in [0.1, 0.15) is 36.3 Å². The molecule has 0 fully saturated rings. The Morgan fingerprint density at radius 3 is 2.69 bits per heavy atom. The van der Waals surface area contributed by atoms with Crippen molar-refractivity contribution in [2.45, 2.75) is 52.0 Å². The topological polar surface area (TPSA) is 108 Å². The summed E-state index contributed by atoms with van der Waals surface area (Å²) < 4.78 is 8.60. The third-order valence-corrected chi connectivity index (χ3v) is 6.85. The summed E-state index contributed by atoms with van der Waals surface area (Å²) in [5, 5.41) is 3.25. The third kappa shape index (κ3) is 4.41. The van der Waals surface area contributed by atoms with Gasteiger partial charge in [0.2, 0.25) is 5.91 Å². The van der Waals surface area contributed by atoms with Crippen LogP contribution < -0.4 is 22.3 Å². The second-order valence-corrected chi connectivity index (χ2v) is 9.73. The highest BCUT2D eigenvalue weighted by molar-refractivity contribution is 7.18. The third-order valence-electron chi connectivity index (χ3n) is 5.62. The minimum atomic E-state index is -0.487. The summed E-state index contributed by atoms with van der Waals surface area (Å²) >= 11 is 1.43. The molecule has 170 valence electrons. The number of rotatable bonds is 7. The number of carbonyl (C=O) groups is 1. The first kappa shape index (κ1) is 22.4. The van der Waals surface area contributed by atoms with Crippen LogP contribution in [0.4, 0.5) is 0 Å². The van der Waals surface area contributed by atoms with E-state index in [1.807, 2.05) is 44.2 Å². The number of thiophene rings is 1. The lowest BCUT2D eigenvalue weighted by molar-refractivity contribution is -0.121. The molecule has 9 heteroatoms. The fourth-order valence-corrected chi connectivity index (χ4v) is 5.19. The fraction of sp³-hybridized carbons (Fsp3) is 0.435. The Bertz CT molecular complexity index is 1260. The van der Waals surface area contributed by atoms with E-state index in [4.69, 9.17) is 10.5 Å². The zero-order valence-electron chi connectivity index (χ0n) is 18.3. The minimum absolute atomic E-state index is 0.314. The molecule has 0 aliphatic carbocycles. The molecule has 0 saturated heterocycles. The van der Waals surface area contributed by atoms with Crippen LogP contribution >= 0.6 is 11.3 Å². The highest BCUT2D eigenvalue weighted by atomic mass is 32.1. The van der Waals surface area contributed by atoms with Gasteiger partial charge in [0.1, 0.15) is 11.4 Å². The van der Waals surface area contributed by atoms with Crippen molar-refractivity contribution in [3.63, 3.8) is 0 Å². The van der Waals surface area contributed by atoms with Crippen molar-refractivity contribution < 1.29 is 9.53 Å². The van der Waals surface area contributed by atoms with Crippen molar-refractivity contribution in [1.82, 2.24) is 14.5 Å². The van der Waals surface area contributed by atoms with Crippen LogP contribution in [0.25, 0.3) is 10.2 Å². The molecule has 3 heterocycles. The predicted octanol–water partition coefficient (Wildman–Crippen LogP) is 1.59. The molecule has 0 spiro atoms. The summed E-state index contributed by atoms with van der Waals surface area (Å²) in [6.07, 6.45) is 1.20. The van der Waals surface area contributed by atoms with Crippen molar-refractivity contribution in [2.75, 3.05) is 13.1 Å². The van der Waals surface area contributed by atoms with Crippen LogP contribution in [0.3, 0.4) is 0 Å². The van der Waals surface area contributed by atoms with Crippen LogP contribution in [-0.2, 0) is 35.6 Å². The molecule has 0 unspecified atom stereocenters. The lowest BCUT2D eigenvalue weighted by atomic mass is 9.94. The number of fused-ring (bicyclic) bond motifs is 3. The molecule has 1 amide bonds. The quantitative estimate of drug-likeness (QED) is 0.525. The van der Waals surface area contributed by atoms with Gasteiger partial charge in [0.15, 0.2) is 0 Å². The van der Waals surface area contributed by atoms with E-state index in [0.717, 1.165) is 20.6 Å². The van der Waals surface area contributed by atoms with E-state index in [9.17, 15) is 14.4 Å². The molecule has 0 radical (unpaired) electrons. The zero-order valence-corrected chi connectivity index (χ0v) is 19.2. The maximum absolute atomic E-state index is 13.5. The van der Waals surface area contributed by atoms with Gasteiger partial charge in [-0.2, -0.15) is 0 Å². The Balaban J connectivity index is 1.86. The molecule has 8 nitrogen and oxygen atoms in total. The molecule has 0 saturated carbocycles. The van der Waals surface area contributed by atoms with Gasteiger partial charge < -0.3 is 15.8 Å². The second kappa shape index (κ2) is 9.01. The van der Waals surface area contributed by atoms with E-state index in [2.05, 4.69) is 5.32 Å². The number of amides is 1. The van der Waals surface area contributed by atoms with E-state index in [0.29, 0.717) is 49.3 Å². The highest BCUT2D eigenvalue weighted by Gasteiger charge is 2.32. The summed E-state index contributed by atoms with van der Waals surface area (Å²) in [5.41, 5.74) is 6.03. The molecule has 2 aromatic heterocycles. The standard InChI is InChI=1S/C23H28N4O4S/c1-23(2)11-16-17(14-31-23)32-21-19(16)20(29)26(13-18(28)25-10-6-9-24)22(30)27(21)12-15-7-4-3-5-8-15/h3-5,7-8H,6,9-14,24H2,1-2H3,(H,25,28). The summed E-state index contributed by atoms with van der Waals surface area (Å²) in [6.45, 7) is 5.23. The first-order chi connectivity index (χ1) is 15.3. The van der Waals surface area contributed by atoms with Gasteiger partial charge >= 0.3 is 5.69 Å². The van der Waals surface area contributed by atoms with Gasteiger partial charge in [0, 0.05) is 17.8 Å². The number of nitrogens with zero attached hydrogens (tertiary/aromatic N) is 2. The number of hydrogen-bond acceptors (Lipinski definition) is 6. The van der Waals surface area contributed by atoms with E-state index >= 15 is 0 Å². The van der Waals surface area contributed by atoms with Gasteiger partial charge in [-0.15, -0.1) is 11.3 Å². The number of nitrogens with one attached hydrogen (secondary N) is 1. The first-order valence-corrected chi connectivity index (χ1v) is 11.5. The molecule has 4 rings (SSSR count). The number of carbonyl (C=O) groups excluding carboxylic acids is 1. The molecule has 3 N–H and O–H groups in total. The number of ether oxygens (including phenoxy) is 1. The van der Waals surface area contributed by atoms with Crippen LogP contribution in [-0.4, -0.2) is 33.7 Å². The van der Waals surface area contributed by atoms with Gasteiger partial charge in [-0.1, -0.05) is 30.3 Å². The molecule has 0 atom stereocenters. The second-order valence-electron chi connectivity index (χ2n) is 8.65. The molecule has 3 aromatic rings. The van der Waals surface area contributed by atoms with Crippen molar-refractivity contribution in [3.8, 4) is 0 Å². The smallest absolute Gasteiger partial charge is 0.332 e. The largest absolute Gasteiger partial charge is 0.370 e. The molecule has 1 aromatic carbocycles. The maximum Gasteiger partial charge on any atom is 0.332 e. The van der Waals surface area contributed by atoms with Gasteiger partial charge in [-0.05, 0) is 37.9 Å². The van der Waals surface area contributed by atoms with E-state index in [-0.39, 0.29) is 12.5 Å². The van der Waals surface area contributed by atoms with Crippen molar-refractivity contribution >= 4 is 27.5 Å². The van der Waals surface area contributed by atoms with E-state index < -0.39 is 16.9 Å². The maximum atomic E-state index is 13.5. The molecule has 1 aliphatic rings. The van der Waals surface area contributed by atoms with Gasteiger partial charge in [0.05, 0.1) is 24.1 Å². The Kier molecular flexibility index (Phi) is 6.32. The van der Waals surface area contributed by atoms with Crippen molar-refractivity contribution in [1.29, 1.82) is 0 Å². The van der Waals surface area contributed by atoms with Crippen molar-refractivity contribution in [2.24, 2.45) is 5.73 Å². The molecule has 1 aliphatic heterocycles.